The van der Waals surface area contributed by atoms with Gasteiger partial charge in [0.15, 0.2) is 0 Å². The molecule has 0 aromatic carbocycles. The third-order valence-electron chi connectivity index (χ3n) is 5.00. The average molecular weight is 370 g/mol. The highest BCUT2D eigenvalue weighted by Gasteiger charge is 2.49. The molecule has 0 saturated carbocycles. The van der Waals surface area contributed by atoms with E-state index in [0.29, 0.717) is 19.3 Å². The summed E-state index contributed by atoms with van der Waals surface area (Å²) in [6, 6.07) is 0. The van der Waals surface area contributed by atoms with Crippen molar-refractivity contribution in [3.63, 3.8) is 0 Å². The van der Waals surface area contributed by atoms with Gasteiger partial charge in [0.25, 0.3) is 0 Å². The summed E-state index contributed by atoms with van der Waals surface area (Å²) < 4.78 is 17.8. The molecule has 8 nitrogen and oxygen atoms in total. The van der Waals surface area contributed by atoms with Gasteiger partial charge in [-0.05, 0) is 19.3 Å². The predicted octanol–water partition coefficient (Wildman–Crippen LogP) is -0.240. The number of ether oxygens (including phenoxy) is 3. The minimum atomic E-state index is -0.971. The molecule has 26 heavy (non-hydrogen) atoms. The highest BCUT2D eigenvalue weighted by atomic mass is 16.6. The van der Waals surface area contributed by atoms with Crippen LogP contribution in [0.15, 0.2) is 24.3 Å². The second-order valence-corrected chi connectivity index (χ2v) is 6.97. The number of aliphatic hydroxyl groups is 3. The Morgan fingerprint density at radius 1 is 1.19 bits per heavy atom. The quantitative estimate of drug-likeness (QED) is 0.489. The molecule has 3 heterocycles. The van der Waals surface area contributed by atoms with Crippen LogP contribution in [0.3, 0.4) is 0 Å². The molecule has 0 bridgehead atoms. The first-order chi connectivity index (χ1) is 12.5. The second kappa shape index (κ2) is 8.60. The van der Waals surface area contributed by atoms with Crippen LogP contribution >= 0.6 is 0 Å². The zero-order chi connectivity index (χ0) is 18.7. The van der Waals surface area contributed by atoms with E-state index in [1.54, 1.807) is 6.08 Å². The summed E-state index contributed by atoms with van der Waals surface area (Å²) in [5.74, 6) is -0.930. The molecule has 3 aliphatic heterocycles. The first-order valence-corrected chi connectivity index (χ1v) is 8.98. The van der Waals surface area contributed by atoms with Crippen LogP contribution in [0.1, 0.15) is 25.7 Å². The number of aliphatic hydroxyl groups excluding tert-OH is 3. The number of carboxylic acids is 1. The number of rotatable bonds is 5. The van der Waals surface area contributed by atoms with Gasteiger partial charge in [0.2, 0.25) is 0 Å². The number of hydrogen-bond donors (Lipinski definition) is 4. The maximum Gasteiger partial charge on any atom is 0.305 e. The molecule has 0 aromatic heterocycles. The summed E-state index contributed by atoms with van der Waals surface area (Å²) in [7, 11) is 0. The maximum absolute atomic E-state index is 10.9. The van der Waals surface area contributed by atoms with Crippen molar-refractivity contribution in [3.05, 3.63) is 24.3 Å². The van der Waals surface area contributed by atoms with Gasteiger partial charge in [-0.3, -0.25) is 4.79 Å². The van der Waals surface area contributed by atoms with E-state index in [0.717, 1.165) is 0 Å². The van der Waals surface area contributed by atoms with E-state index < -0.39 is 42.6 Å². The first-order valence-electron chi connectivity index (χ1n) is 8.98. The van der Waals surface area contributed by atoms with Crippen molar-refractivity contribution in [3.8, 4) is 0 Å². The fourth-order valence-electron chi connectivity index (χ4n) is 3.73. The SMILES string of the molecule is O=C(O)C[C@@H]1CC[C@H]2O[C@H]3CC=C[C@H](C=C[C@H](O)CO)O[C@@H]3[C@@H](O)[C@@H]2O1. The third kappa shape index (κ3) is 4.51. The van der Waals surface area contributed by atoms with Crippen LogP contribution in [0.4, 0.5) is 0 Å². The molecule has 0 spiro atoms. The smallest absolute Gasteiger partial charge is 0.305 e. The van der Waals surface area contributed by atoms with Gasteiger partial charge in [-0.2, -0.15) is 0 Å². The molecule has 0 unspecified atom stereocenters. The molecule has 146 valence electrons. The zero-order valence-electron chi connectivity index (χ0n) is 14.4. The van der Waals surface area contributed by atoms with Crippen molar-refractivity contribution in [1.29, 1.82) is 0 Å². The van der Waals surface area contributed by atoms with Gasteiger partial charge < -0.3 is 34.6 Å². The van der Waals surface area contributed by atoms with Crippen LogP contribution in [-0.4, -0.2) is 81.8 Å². The van der Waals surface area contributed by atoms with Crippen molar-refractivity contribution in [2.75, 3.05) is 6.61 Å². The van der Waals surface area contributed by atoms with E-state index in [2.05, 4.69) is 0 Å². The summed E-state index contributed by atoms with van der Waals surface area (Å²) in [4.78, 5) is 10.9. The van der Waals surface area contributed by atoms with E-state index in [9.17, 15) is 15.0 Å². The minimum Gasteiger partial charge on any atom is -0.481 e. The Kier molecular flexibility index (Phi) is 6.44. The van der Waals surface area contributed by atoms with Crippen molar-refractivity contribution in [2.24, 2.45) is 0 Å². The Morgan fingerprint density at radius 2 is 1.96 bits per heavy atom. The number of carboxylic acid groups (broad SMARTS) is 1. The number of hydrogen-bond acceptors (Lipinski definition) is 7. The molecule has 3 aliphatic rings. The van der Waals surface area contributed by atoms with Gasteiger partial charge >= 0.3 is 5.97 Å². The Hall–Kier alpha value is -1.29. The number of carbonyl (C=O) groups is 1. The van der Waals surface area contributed by atoms with Crippen LogP contribution in [0, 0.1) is 0 Å². The average Bonchev–Trinajstić information content (AvgIpc) is 2.82. The lowest BCUT2D eigenvalue weighted by molar-refractivity contribution is -0.272. The summed E-state index contributed by atoms with van der Waals surface area (Å²) in [5, 5.41) is 38.1. The molecule has 2 saturated heterocycles. The molecule has 0 aromatic rings. The van der Waals surface area contributed by atoms with Crippen LogP contribution in [0.2, 0.25) is 0 Å². The maximum atomic E-state index is 10.9. The van der Waals surface area contributed by atoms with Crippen molar-refractivity contribution >= 4 is 5.97 Å². The number of aliphatic carboxylic acids is 1. The van der Waals surface area contributed by atoms with Gasteiger partial charge in [-0.1, -0.05) is 24.3 Å². The van der Waals surface area contributed by atoms with Crippen LogP contribution in [0.25, 0.3) is 0 Å². The Bertz CT molecular complexity index is 547. The molecule has 2 fully saturated rings. The van der Waals surface area contributed by atoms with E-state index >= 15 is 0 Å². The molecule has 0 radical (unpaired) electrons. The third-order valence-corrected chi connectivity index (χ3v) is 5.00. The van der Waals surface area contributed by atoms with E-state index in [-0.39, 0.29) is 25.2 Å². The molecule has 8 heteroatoms. The molecule has 4 N–H and O–H groups in total. The van der Waals surface area contributed by atoms with E-state index in [4.69, 9.17) is 24.4 Å². The second-order valence-electron chi connectivity index (χ2n) is 6.97. The van der Waals surface area contributed by atoms with Gasteiger partial charge in [0.05, 0.1) is 43.5 Å². The summed E-state index contributed by atoms with van der Waals surface area (Å²) in [5.41, 5.74) is 0. The lowest BCUT2D eigenvalue weighted by Crippen LogP contribution is -2.61. The lowest BCUT2D eigenvalue weighted by Gasteiger charge is -2.48. The van der Waals surface area contributed by atoms with Crippen molar-refractivity contribution < 1.29 is 39.4 Å². The Morgan fingerprint density at radius 3 is 2.69 bits per heavy atom. The molecular formula is C18H26O8. The van der Waals surface area contributed by atoms with E-state index in [1.165, 1.54) is 6.08 Å². The zero-order valence-corrected chi connectivity index (χ0v) is 14.4. The monoisotopic (exact) mass is 370 g/mol. The van der Waals surface area contributed by atoms with Gasteiger partial charge in [0, 0.05) is 0 Å². The molecule has 8 atom stereocenters. The lowest BCUT2D eigenvalue weighted by atomic mass is 9.88. The standard InChI is InChI=1S/C18H26O8/c19-9-10(20)4-5-11-2-1-3-13-17(24-11)16(23)18-14(26-13)7-6-12(25-18)8-15(21)22/h1-2,4-5,10-14,16-20,23H,3,6-9H2,(H,21,22)/t10-,11+,12-,13-,14+,16+,17-,18+/m0/s1. The highest BCUT2D eigenvalue weighted by molar-refractivity contribution is 5.67. The molecule has 0 amide bonds. The highest BCUT2D eigenvalue weighted by Crippen LogP contribution is 2.36. The predicted molar refractivity (Wildman–Crippen MR) is 89.5 cm³/mol. The van der Waals surface area contributed by atoms with E-state index in [1.807, 2.05) is 12.2 Å². The van der Waals surface area contributed by atoms with Crippen LogP contribution < -0.4 is 0 Å². The Balaban J connectivity index is 1.68. The number of fused-ring (bicyclic) bond motifs is 2. The fourth-order valence-corrected chi connectivity index (χ4v) is 3.73. The van der Waals surface area contributed by atoms with Crippen LogP contribution in [-0.2, 0) is 19.0 Å². The van der Waals surface area contributed by atoms with Gasteiger partial charge in [0.1, 0.15) is 18.3 Å². The molecule has 0 aliphatic carbocycles. The topological polar surface area (TPSA) is 126 Å². The largest absolute Gasteiger partial charge is 0.481 e. The van der Waals surface area contributed by atoms with Crippen molar-refractivity contribution in [2.45, 2.75) is 74.5 Å². The first kappa shape index (κ1) is 19.5. The molecular weight excluding hydrogens is 344 g/mol. The van der Waals surface area contributed by atoms with Gasteiger partial charge in [-0.15, -0.1) is 0 Å². The summed E-state index contributed by atoms with van der Waals surface area (Å²) >= 11 is 0. The van der Waals surface area contributed by atoms with Crippen molar-refractivity contribution in [1.82, 2.24) is 0 Å². The Labute approximate surface area is 151 Å². The normalized spacial score (nSPS) is 41.3. The van der Waals surface area contributed by atoms with Gasteiger partial charge in [-0.25, -0.2) is 0 Å². The minimum absolute atomic E-state index is 0.100. The van der Waals surface area contributed by atoms with Crippen LogP contribution in [0.5, 0.6) is 0 Å². The summed E-state index contributed by atoms with van der Waals surface area (Å²) in [6.07, 6.45) is 3.81. The fraction of sp³-hybridized carbons (Fsp3) is 0.722. The molecule has 3 rings (SSSR count). The summed E-state index contributed by atoms with van der Waals surface area (Å²) in [6.45, 7) is -0.382.